The van der Waals surface area contributed by atoms with Gasteiger partial charge in [-0.15, -0.1) is 0 Å². The Kier molecular flexibility index (Phi) is 3.74. The standard InChI is InChI=1S/C14H19N3O2/c1-9(18)12-5-4-11(7-13(12)15)17-6-2-3-10(8-17)14(16)19/h4-5,7,10H,2-3,6,8,15H2,1H3,(H2,16,19). The van der Waals surface area contributed by atoms with E-state index in [1.165, 1.54) is 6.92 Å². The Balaban J connectivity index is 2.20. The number of nitrogen functional groups attached to an aromatic ring is 1. The summed E-state index contributed by atoms with van der Waals surface area (Å²) in [6, 6.07) is 5.40. The van der Waals surface area contributed by atoms with E-state index in [0.717, 1.165) is 25.1 Å². The first-order chi connectivity index (χ1) is 8.99. The van der Waals surface area contributed by atoms with Crippen molar-refractivity contribution < 1.29 is 9.59 Å². The second-order valence-corrected chi connectivity index (χ2v) is 5.02. The number of benzene rings is 1. The topological polar surface area (TPSA) is 89.4 Å². The van der Waals surface area contributed by atoms with Crippen LogP contribution in [0.25, 0.3) is 0 Å². The fourth-order valence-electron chi connectivity index (χ4n) is 2.51. The van der Waals surface area contributed by atoms with E-state index in [0.29, 0.717) is 17.8 Å². The van der Waals surface area contributed by atoms with E-state index in [4.69, 9.17) is 11.5 Å². The number of anilines is 2. The third-order valence-corrected chi connectivity index (χ3v) is 3.60. The van der Waals surface area contributed by atoms with E-state index in [1.807, 2.05) is 6.07 Å². The molecule has 0 bridgehead atoms. The number of Topliss-reactive ketones (excluding diaryl/α,β-unsaturated/α-hetero) is 1. The van der Waals surface area contributed by atoms with E-state index in [2.05, 4.69) is 4.90 Å². The highest BCUT2D eigenvalue weighted by molar-refractivity contribution is 5.99. The normalized spacial score (nSPS) is 19.2. The zero-order valence-corrected chi connectivity index (χ0v) is 11.1. The predicted octanol–water partition coefficient (Wildman–Crippen LogP) is 1.17. The third-order valence-electron chi connectivity index (χ3n) is 3.60. The van der Waals surface area contributed by atoms with Crippen molar-refractivity contribution in [3.63, 3.8) is 0 Å². The lowest BCUT2D eigenvalue weighted by molar-refractivity contribution is -0.122. The largest absolute Gasteiger partial charge is 0.398 e. The Hall–Kier alpha value is -2.04. The summed E-state index contributed by atoms with van der Waals surface area (Å²) < 4.78 is 0. The Morgan fingerprint density at radius 2 is 2.11 bits per heavy atom. The minimum absolute atomic E-state index is 0.0438. The molecular formula is C14H19N3O2. The van der Waals surface area contributed by atoms with Crippen molar-refractivity contribution in [3.8, 4) is 0 Å². The summed E-state index contributed by atoms with van der Waals surface area (Å²) in [5, 5.41) is 0. The van der Waals surface area contributed by atoms with E-state index in [1.54, 1.807) is 12.1 Å². The summed E-state index contributed by atoms with van der Waals surface area (Å²) in [6.07, 6.45) is 1.77. The molecule has 0 spiro atoms. The molecule has 0 aliphatic carbocycles. The Labute approximate surface area is 112 Å². The number of rotatable bonds is 3. The van der Waals surface area contributed by atoms with Crippen LogP contribution in [-0.4, -0.2) is 24.8 Å². The van der Waals surface area contributed by atoms with Crippen LogP contribution in [0.2, 0.25) is 0 Å². The molecule has 1 fully saturated rings. The van der Waals surface area contributed by atoms with Gasteiger partial charge in [-0.3, -0.25) is 9.59 Å². The van der Waals surface area contributed by atoms with E-state index >= 15 is 0 Å². The van der Waals surface area contributed by atoms with Gasteiger partial charge in [0.15, 0.2) is 5.78 Å². The van der Waals surface area contributed by atoms with Crippen LogP contribution in [0.4, 0.5) is 11.4 Å². The highest BCUT2D eigenvalue weighted by atomic mass is 16.1. The van der Waals surface area contributed by atoms with E-state index in [-0.39, 0.29) is 17.6 Å². The van der Waals surface area contributed by atoms with Gasteiger partial charge in [0.05, 0.1) is 5.92 Å². The van der Waals surface area contributed by atoms with Crippen molar-refractivity contribution in [2.45, 2.75) is 19.8 Å². The predicted molar refractivity (Wildman–Crippen MR) is 75.0 cm³/mol. The first-order valence-corrected chi connectivity index (χ1v) is 6.43. The van der Waals surface area contributed by atoms with Crippen molar-refractivity contribution in [1.82, 2.24) is 0 Å². The molecule has 1 amide bonds. The van der Waals surface area contributed by atoms with Crippen molar-refractivity contribution >= 4 is 23.1 Å². The molecule has 5 heteroatoms. The summed E-state index contributed by atoms with van der Waals surface area (Å²) in [6.45, 7) is 2.99. The average Bonchev–Trinajstić information content (AvgIpc) is 2.38. The van der Waals surface area contributed by atoms with Gasteiger partial charge in [-0.05, 0) is 38.0 Å². The van der Waals surface area contributed by atoms with E-state index < -0.39 is 0 Å². The lowest BCUT2D eigenvalue weighted by atomic mass is 9.96. The third kappa shape index (κ3) is 2.86. The van der Waals surface area contributed by atoms with Crippen LogP contribution >= 0.6 is 0 Å². The molecule has 1 saturated heterocycles. The number of amides is 1. The molecular weight excluding hydrogens is 242 g/mol. The molecule has 0 radical (unpaired) electrons. The van der Waals surface area contributed by atoms with Gasteiger partial charge in [-0.1, -0.05) is 0 Å². The number of nitrogens with two attached hydrogens (primary N) is 2. The lowest BCUT2D eigenvalue weighted by Crippen LogP contribution is -2.41. The maximum Gasteiger partial charge on any atom is 0.222 e. The SMILES string of the molecule is CC(=O)c1ccc(N2CCCC(C(N)=O)C2)cc1N. The van der Waals surface area contributed by atoms with Gasteiger partial charge in [-0.2, -0.15) is 0 Å². The van der Waals surface area contributed by atoms with Gasteiger partial charge in [0.1, 0.15) is 0 Å². The highest BCUT2D eigenvalue weighted by Gasteiger charge is 2.24. The van der Waals surface area contributed by atoms with Crippen molar-refractivity contribution in [3.05, 3.63) is 23.8 Å². The van der Waals surface area contributed by atoms with Gasteiger partial charge in [0.25, 0.3) is 0 Å². The zero-order valence-electron chi connectivity index (χ0n) is 11.1. The second-order valence-electron chi connectivity index (χ2n) is 5.02. The minimum atomic E-state index is -0.252. The molecule has 19 heavy (non-hydrogen) atoms. The summed E-state index contributed by atoms with van der Waals surface area (Å²) in [4.78, 5) is 24.7. The Morgan fingerprint density at radius 3 is 2.68 bits per heavy atom. The summed E-state index contributed by atoms with van der Waals surface area (Å²) >= 11 is 0. The molecule has 1 aliphatic rings. The molecule has 1 aliphatic heterocycles. The maximum absolute atomic E-state index is 11.3. The monoisotopic (exact) mass is 261 g/mol. The average molecular weight is 261 g/mol. The van der Waals surface area contributed by atoms with Crippen LogP contribution in [-0.2, 0) is 4.79 Å². The molecule has 102 valence electrons. The summed E-state index contributed by atoms with van der Waals surface area (Å²) in [7, 11) is 0. The molecule has 1 unspecified atom stereocenters. The molecule has 1 aromatic carbocycles. The van der Waals surface area contributed by atoms with Gasteiger partial charge < -0.3 is 16.4 Å². The van der Waals surface area contributed by atoms with Crippen LogP contribution < -0.4 is 16.4 Å². The molecule has 0 aromatic heterocycles. The number of ketones is 1. The fourth-order valence-corrected chi connectivity index (χ4v) is 2.51. The van der Waals surface area contributed by atoms with E-state index in [9.17, 15) is 9.59 Å². The van der Waals surface area contributed by atoms with Crippen LogP contribution in [0.1, 0.15) is 30.1 Å². The maximum atomic E-state index is 11.3. The number of piperidine rings is 1. The number of nitrogens with zero attached hydrogens (tertiary/aromatic N) is 1. The quantitative estimate of drug-likeness (QED) is 0.631. The number of carbonyl (C=O) groups is 2. The molecule has 1 aromatic rings. The van der Waals surface area contributed by atoms with Crippen LogP contribution in [0.5, 0.6) is 0 Å². The van der Waals surface area contributed by atoms with Crippen molar-refractivity contribution in [2.75, 3.05) is 23.7 Å². The Morgan fingerprint density at radius 1 is 1.37 bits per heavy atom. The number of carbonyl (C=O) groups excluding carboxylic acids is 2. The second kappa shape index (κ2) is 5.30. The fraction of sp³-hybridized carbons (Fsp3) is 0.429. The smallest absolute Gasteiger partial charge is 0.222 e. The highest BCUT2D eigenvalue weighted by Crippen LogP contribution is 2.26. The molecule has 2 rings (SSSR count). The molecule has 1 atom stereocenters. The number of hydrogen-bond acceptors (Lipinski definition) is 4. The Bertz CT molecular complexity index is 513. The van der Waals surface area contributed by atoms with Crippen molar-refractivity contribution in [1.29, 1.82) is 0 Å². The first kappa shape index (κ1) is 13.4. The van der Waals surface area contributed by atoms with Gasteiger partial charge >= 0.3 is 0 Å². The van der Waals surface area contributed by atoms with Crippen LogP contribution in [0.3, 0.4) is 0 Å². The zero-order chi connectivity index (χ0) is 14.0. The van der Waals surface area contributed by atoms with Crippen LogP contribution in [0, 0.1) is 5.92 Å². The van der Waals surface area contributed by atoms with Crippen molar-refractivity contribution in [2.24, 2.45) is 11.7 Å². The van der Waals surface area contributed by atoms with Gasteiger partial charge in [0.2, 0.25) is 5.91 Å². The van der Waals surface area contributed by atoms with Gasteiger partial charge in [0, 0.05) is 30.0 Å². The number of primary amides is 1. The molecule has 1 heterocycles. The summed E-state index contributed by atoms with van der Waals surface area (Å²) in [5.74, 6) is -0.404. The van der Waals surface area contributed by atoms with Gasteiger partial charge in [-0.25, -0.2) is 0 Å². The summed E-state index contributed by atoms with van der Waals surface area (Å²) in [5.41, 5.74) is 13.2. The minimum Gasteiger partial charge on any atom is -0.398 e. The number of hydrogen-bond donors (Lipinski definition) is 2. The molecule has 5 nitrogen and oxygen atoms in total. The lowest BCUT2D eigenvalue weighted by Gasteiger charge is -2.33. The van der Waals surface area contributed by atoms with Crippen LogP contribution in [0.15, 0.2) is 18.2 Å². The molecule has 4 N–H and O–H groups in total. The molecule has 0 saturated carbocycles. The first-order valence-electron chi connectivity index (χ1n) is 6.43.